The number of aliphatic hydroxyl groups excluding tert-OH is 7. The third-order valence-corrected chi connectivity index (χ3v) is 7.55. The number of phenolic OH excluding ortho intramolecular Hbond substituents is 4. The molecule has 0 aliphatic carbocycles. The minimum atomic E-state index is -1.95. The van der Waals surface area contributed by atoms with Gasteiger partial charge in [-0.25, -0.2) is 0 Å². The van der Waals surface area contributed by atoms with E-state index in [1.165, 1.54) is 6.07 Å². The standard InChI is InChI=1S/C27H30O16/c28-6-15-20(36)22(38)26(43-27-23(39)21(37)19(35)16(7-29)42-27)25(41-15)18-12(33)4-11(32)17-13(34)5-14(40-24(17)18)8-1-2-9(30)10(31)3-8/h1-5,15-16,19-23,25-33,35-39H,6-7H2/t15-,16+,19-,20-,21-,22+,23+,25+,26?,27-/m1/s1. The monoisotopic (exact) mass is 610 g/mol. The first kappa shape index (κ1) is 30.9. The van der Waals surface area contributed by atoms with E-state index < -0.39 is 119 Å². The summed E-state index contributed by atoms with van der Waals surface area (Å²) in [5.74, 6) is -2.70. The van der Waals surface area contributed by atoms with Crippen LogP contribution in [-0.2, 0) is 14.2 Å². The zero-order valence-corrected chi connectivity index (χ0v) is 22.0. The van der Waals surface area contributed by atoms with Crippen molar-refractivity contribution >= 4 is 11.0 Å². The Bertz CT molecular complexity index is 1540. The van der Waals surface area contributed by atoms with Gasteiger partial charge in [0.1, 0.15) is 77.6 Å². The second-order valence-electron chi connectivity index (χ2n) is 10.3. The molecule has 0 saturated carbocycles. The Balaban J connectivity index is 1.67. The van der Waals surface area contributed by atoms with Crippen LogP contribution in [0.2, 0.25) is 0 Å². The molecule has 0 amide bonds. The maximum atomic E-state index is 13.2. The molecule has 0 radical (unpaired) electrons. The van der Waals surface area contributed by atoms with Crippen LogP contribution in [0.15, 0.2) is 39.5 Å². The Hall–Kier alpha value is -3.55. The zero-order chi connectivity index (χ0) is 31.3. The summed E-state index contributed by atoms with van der Waals surface area (Å²) in [4.78, 5) is 13.2. The van der Waals surface area contributed by atoms with Crippen LogP contribution in [-0.4, -0.2) is 125 Å². The second kappa shape index (κ2) is 11.9. The average Bonchev–Trinajstić information content (AvgIpc) is 2.97. The molecular formula is C27H30O16. The van der Waals surface area contributed by atoms with Crippen molar-refractivity contribution in [2.24, 2.45) is 0 Å². The lowest BCUT2D eigenvalue weighted by atomic mass is 9.89. The Morgan fingerprint density at radius 2 is 1.35 bits per heavy atom. The van der Waals surface area contributed by atoms with Gasteiger partial charge < -0.3 is 74.8 Å². The van der Waals surface area contributed by atoms with Crippen LogP contribution in [0.25, 0.3) is 22.3 Å². The number of phenols is 4. The van der Waals surface area contributed by atoms with Gasteiger partial charge in [-0.2, -0.15) is 0 Å². The summed E-state index contributed by atoms with van der Waals surface area (Å²) < 4.78 is 22.7. The Kier molecular flexibility index (Phi) is 8.52. The molecule has 0 bridgehead atoms. The van der Waals surface area contributed by atoms with E-state index in [0.29, 0.717) is 0 Å². The van der Waals surface area contributed by atoms with Crippen molar-refractivity contribution in [1.82, 2.24) is 0 Å². The van der Waals surface area contributed by atoms with Crippen molar-refractivity contribution in [1.29, 1.82) is 0 Å². The van der Waals surface area contributed by atoms with E-state index in [4.69, 9.17) is 18.6 Å². The van der Waals surface area contributed by atoms with Crippen LogP contribution in [0.3, 0.4) is 0 Å². The van der Waals surface area contributed by atoms with Crippen molar-refractivity contribution in [2.45, 2.75) is 61.2 Å². The third kappa shape index (κ3) is 5.38. The van der Waals surface area contributed by atoms with E-state index in [1.54, 1.807) is 0 Å². The molecule has 2 aromatic carbocycles. The highest BCUT2D eigenvalue weighted by Gasteiger charge is 2.52. The SMILES string of the molecule is O=c1cc(-c2ccc(O)c(O)c2)oc2c([C@@H]3O[C@H](CO)[C@@H](O)[C@H](O)C3O[C@H]3O[C@@H](CO)[C@@H](O)[C@@H](O)[C@@H]3O)c(O)cc(O)c12. The molecule has 43 heavy (non-hydrogen) atoms. The number of benzene rings is 2. The van der Waals surface area contributed by atoms with E-state index in [0.717, 1.165) is 24.3 Å². The molecule has 2 fully saturated rings. The number of rotatable bonds is 6. The molecule has 5 rings (SSSR count). The van der Waals surface area contributed by atoms with Crippen molar-refractivity contribution in [3.8, 4) is 34.3 Å². The molecule has 11 N–H and O–H groups in total. The fraction of sp³-hybridized carbons (Fsp3) is 0.444. The fourth-order valence-electron chi connectivity index (χ4n) is 5.22. The van der Waals surface area contributed by atoms with Gasteiger partial charge in [0.2, 0.25) is 0 Å². The van der Waals surface area contributed by atoms with Gasteiger partial charge in [0.05, 0.1) is 18.8 Å². The van der Waals surface area contributed by atoms with Gasteiger partial charge in [-0.3, -0.25) is 4.79 Å². The molecule has 1 unspecified atom stereocenters. The van der Waals surface area contributed by atoms with Crippen molar-refractivity contribution in [2.75, 3.05) is 13.2 Å². The quantitative estimate of drug-likeness (QED) is 0.130. The Morgan fingerprint density at radius 1 is 0.698 bits per heavy atom. The molecule has 10 atom stereocenters. The van der Waals surface area contributed by atoms with E-state index >= 15 is 0 Å². The van der Waals surface area contributed by atoms with Gasteiger partial charge in [0.25, 0.3) is 0 Å². The van der Waals surface area contributed by atoms with Crippen molar-refractivity contribution in [3.05, 3.63) is 46.1 Å². The molecule has 0 spiro atoms. The number of hydrogen-bond donors (Lipinski definition) is 11. The maximum Gasteiger partial charge on any atom is 0.197 e. The van der Waals surface area contributed by atoms with Crippen LogP contribution in [0.1, 0.15) is 11.7 Å². The number of aromatic hydroxyl groups is 4. The van der Waals surface area contributed by atoms with Gasteiger partial charge in [-0.05, 0) is 18.2 Å². The molecule has 16 nitrogen and oxygen atoms in total. The summed E-state index contributed by atoms with van der Waals surface area (Å²) >= 11 is 0. The fourth-order valence-corrected chi connectivity index (χ4v) is 5.22. The number of aliphatic hydroxyl groups is 7. The molecule has 1 aromatic heterocycles. The summed E-state index contributed by atoms with van der Waals surface area (Å²) in [6.07, 6.45) is -17.7. The highest BCUT2D eigenvalue weighted by atomic mass is 16.7. The van der Waals surface area contributed by atoms with E-state index in [2.05, 4.69) is 0 Å². The van der Waals surface area contributed by atoms with Gasteiger partial charge in [-0.1, -0.05) is 0 Å². The normalized spacial score (nSPS) is 33.1. The Labute approximate surface area is 241 Å². The first-order valence-corrected chi connectivity index (χ1v) is 13.0. The molecule has 16 heteroatoms. The molecule has 3 aromatic rings. The van der Waals surface area contributed by atoms with Gasteiger partial charge >= 0.3 is 0 Å². The molecule has 3 heterocycles. The van der Waals surface area contributed by atoms with Crippen LogP contribution in [0.5, 0.6) is 23.0 Å². The minimum absolute atomic E-state index is 0.0884. The highest BCUT2D eigenvalue weighted by Crippen LogP contribution is 2.45. The largest absolute Gasteiger partial charge is 0.507 e. The van der Waals surface area contributed by atoms with Gasteiger partial charge in [-0.15, -0.1) is 0 Å². The summed E-state index contributed by atoms with van der Waals surface area (Å²) in [5, 5.41) is 113. The predicted molar refractivity (Wildman–Crippen MR) is 140 cm³/mol. The lowest BCUT2D eigenvalue weighted by molar-refractivity contribution is -0.342. The topological polar surface area (TPSA) is 280 Å². The van der Waals surface area contributed by atoms with Crippen LogP contribution < -0.4 is 5.43 Å². The van der Waals surface area contributed by atoms with Crippen LogP contribution in [0.4, 0.5) is 0 Å². The first-order chi connectivity index (χ1) is 20.4. The third-order valence-electron chi connectivity index (χ3n) is 7.55. The minimum Gasteiger partial charge on any atom is -0.507 e. The van der Waals surface area contributed by atoms with Crippen LogP contribution in [0, 0.1) is 0 Å². The average molecular weight is 611 g/mol. The van der Waals surface area contributed by atoms with Crippen molar-refractivity contribution < 1.29 is 74.8 Å². The highest BCUT2D eigenvalue weighted by molar-refractivity contribution is 5.89. The second-order valence-corrected chi connectivity index (χ2v) is 10.3. The molecule has 2 aliphatic heterocycles. The van der Waals surface area contributed by atoms with Gasteiger partial charge in [0, 0.05) is 17.7 Å². The summed E-state index contributed by atoms with van der Waals surface area (Å²) in [6.45, 7) is -1.66. The van der Waals surface area contributed by atoms with E-state index in [1.807, 2.05) is 0 Å². The maximum absolute atomic E-state index is 13.2. The van der Waals surface area contributed by atoms with E-state index in [-0.39, 0.29) is 11.3 Å². The molecular weight excluding hydrogens is 580 g/mol. The zero-order valence-electron chi connectivity index (χ0n) is 22.0. The molecule has 2 saturated heterocycles. The number of hydrogen-bond acceptors (Lipinski definition) is 16. The predicted octanol–water partition coefficient (Wildman–Crippen LogP) is -2.38. The van der Waals surface area contributed by atoms with Gasteiger partial charge in [0.15, 0.2) is 28.8 Å². The van der Waals surface area contributed by atoms with E-state index in [9.17, 15) is 61.0 Å². The summed E-state index contributed by atoms with van der Waals surface area (Å²) in [5.41, 5.74) is -1.66. The van der Waals surface area contributed by atoms with Crippen molar-refractivity contribution in [3.63, 3.8) is 0 Å². The lowest BCUT2D eigenvalue weighted by Gasteiger charge is -2.46. The number of fused-ring (bicyclic) bond motifs is 1. The Morgan fingerprint density at radius 3 is 2.00 bits per heavy atom. The summed E-state index contributed by atoms with van der Waals surface area (Å²) in [7, 11) is 0. The molecule has 234 valence electrons. The summed E-state index contributed by atoms with van der Waals surface area (Å²) in [6, 6.07) is 5.24. The van der Waals surface area contributed by atoms with Crippen LogP contribution >= 0.6 is 0 Å². The first-order valence-electron chi connectivity index (χ1n) is 13.0. The smallest absolute Gasteiger partial charge is 0.197 e. The number of ether oxygens (including phenoxy) is 3. The lowest BCUT2D eigenvalue weighted by Crippen LogP contribution is -2.62. The molecule has 2 aliphatic rings.